The zero-order valence-electron chi connectivity index (χ0n) is 8.33. The molecule has 2 heterocycles. The summed E-state index contributed by atoms with van der Waals surface area (Å²) in [6.07, 6.45) is 5.35. The largest absolute Gasteiger partial charge is 0.316 e. The highest BCUT2D eigenvalue weighted by atomic mass is 15.3. The Morgan fingerprint density at radius 1 is 1.62 bits per heavy atom. The molecule has 1 aliphatic rings. The van der Waals surface area contributed by atoms with Crippen LogP contribution >= 0.6 is 0 Å². The topological polar surface area (TPSA) is 29.9 Å². The van der Waals surface area contributed by atoms with Crippen LogP contribution in [0.1, 0.15) is 25.5 Å². The lowest BCUT2D eigenvalue weighted by atomic mass is 9.96. The lowest BCUT2D eigenvalue weighted by Crippen LogP contribution is -2.42. The first-order valence-electron chi connectivity index (χ1n) is 4.99. The van der Waals surface area contributed by atoms with E-state index < -0.39 is 0 Å². The van der Waals surface area contributed by atoms with Gasteiger partial charge in [0, 0.05) is 12.2 Å². The van der Waals surface area contributed by atoms with Crippen LogP contribution in [0.2, 0.25) is 0 Å². The Bertz CT molecular complexity index is 273. The third-order valence-corrected chi connectivity index (χ3v) is 2.57. The van der Waals surface area contributed by atoms with E-state index in [0.717, 1.165) is 5.92 Å². The Balaban J connectivity index is 1.96. The summed E-state index contributed by atoms with van der Waals surface area (Å²) < 4.78 is 2.03. The van der Waals surface area contributed by atoms with Crippen LogP contribution in [0.5, 0.6) is 0 Å². The molecule has 1 N–H and O–H groups in total. The van der Waals surface area contributed by atoms with Gasteiger partial charge in [0.1, 0.15) is 0 Å². The molecule has 0 saturated carbocycles. The molecule has 2 rings (SSSR count). The maximum absolute atomic E-state index is 4.32. The molecule has 0 unspecified atom stereocenters. The van der Waals surface area contributed by atoms with Crippen LogP contribution in [0, 0.1) is 5.92 Å². The highest BCUT2D eigenvalue weighted by Gasteiger charge is 2.17. The maximum Gasteiger partial charge on any atom is 0.0521 e. The first-order valence-corrected chi connectivity index (χ1v) is 4.99. The van der Waals surface area contributed by atoms with Crippen LogP contribution in [0.15, 0.2) is 12.4 Å². The normalized spacial score (nSPS) is 17.8. The zero-order chi connectivity index (χ0) is 9.26. The number of nitrogens with one attached hydrogen (secondary N) is 1. The second kappa shape index (κ2) is 3.50. The zero-order valence-corrected chi connectivity index (χ0v) is 8.33. The summed E-state index contributed by atoms with van der Waals surface area (Å²) >= 11 is 0. The summed E-state index contributed by atoms with van der Waals surface area (Å²) in [5.41, 5.74) is 1.38. The first kappa shape index (κ1) is 8.75. The maximum atomic E-state index is 4.32. The lowest BCUT2D eigenvalue weighted by Gasteiger charge is -2.26. The van der Waals surface area contributed by atoms with E-state index in [1.54, 1.807) is 0 Å². The summed E-state index contributed by atoms with van der Waals surface area (Å²) in [5.74, 6) is 0.838. The molecule has 0 amide bonds. The van der Waals surface area contributed by atoms with Gasteiger partial charge in [-0.05, 0) is 44.8 Å². The smallest absolute Gasteiger partial charge is 0.0521 e. The molecule has 72 valence electrons. The van der Waals surface area contributed by atoms with Crippen LogP contribution in [0.3, 0.4) is 0 Å². The molecular formula is C10H17N3. The Kier molecular flexibility index (Phi) is 2.36. The van der Waals surface area contributed by atoms with E-state index in [0.29, 0.717) is 6.04 Å². The van der Waals surface area contributed by atoms with Gasteiger partial charge in [-0.3, -0.25) is 4.68 Å². The van der Waals surface area contributed by atoms with Gasteiger partial charge >= 0.3 is 0 Å². The quantitative estimate of drug-likeness (QED) is 0.756. The fraction of sp³-hybridized carbons (Fsp3) is 0.700. The molecule has 0 spiro atoms. The monoisotopic (exact) mass is 179 g/mol. The van der Waals surface area contributed by atoms with Gasteiger partial charge in [-0.1, -0.05) is 0 Å². The molecule has 0 radical (unpaired) electrons. The highest BCUT2D eigenvalue weighted by molar-refractivity contribution is 5.06. The Morgan fingerprint density at radius 3 is 2.85 bits per heavy atom. The van der Waals surface area contributed by atoms with Crippen molar-refractivity contribution in [3.05, 3.63) is 18.0 Å². The predicted molar refractivity (Wildman–Crippen MR) is 52.7 cm³/mol. The minimum atomic E-state index is 0.480. The molecule has 0 aromatic carbocycles. The second-order valence-electron chi connectivity index (χ2n) is 4.15. The molecule has 0 bridgehead atoms. The van der Waals surface area contributed by atoms with Crippen LogP contribution in [-0.4, -0.2) is 22.9 Å². The van der Waals surface area contributed by atoms with Crippen molar-refractivity contribution < 1.29 is 0 Å². The Hall–Kier alpha value is -0.830. The van der Waals surface area contributed by atoms with E-state index in [-0.39, 0.29) is 0 Å². The van der Waals surface area contributed by atoms with Crippen LogP contribution in [-0.2, 0) is 6.42 Å². The Labute approximate surface area is 79.1 Å². The van der Waals surface area contributed by atoms with Crippen molar-refractivity contribution in [3.8, 4) is 0 Å². The molecular weight excluding hydrogens is 162 g/mol. The molecule has 1 aromatic rings. The Morgan fingerprint density at radius 2 is 2.38 bits per heavy atom. The first-order chi connectivity index (χ1) is 6.25. The molecule has 1 aromatic heterocycles. The van der Waals surface area contributed by atoms with Crippen molar-refractivity contribution in [1.29, 1.82) is 0 Å². The third-order valence-electron chi connectivity index (χ3n) is 2.57. The van der Waals surface area contributed by atoms with E-state index in [1.807, 2.05) is 10.9 Å². The number of rotatable bonds is 3. The van der Waals surface area contributed by atoms with Gasteiger partial charge in [0.05, 0.1) is 6.20 Å². The van der Waals surface area contributed by atoms with Gasteiger partial charge < -0.3 is 5.32 Å². The summed E-state index contributed by atoms with van der Waals surface area (Å²) in [6.45, 7) is 6.66. The predicted octanol–water partition coefficient (Wildman–Crippen LogP) is 1.23. The summed E-state index contributed by atoms with van der Waals surface area (Å²) in [5, 5.41) is 7.61. The van der Waals surface area contributed by atoms with Gasteiger partial charge in [-0.15, -0.1) is 0 Å². The fourth-order valence-corrected chi connectivity index (χ4v) is 1.59. The van der Waals surface area contributed by atoms with Crippen molar-refractivity contribution in [3.63, 3.8) is 0 Å². The van der Waals surface area contributed by atoms with Crippen molar-refractivity contribution >= 4 is 0 Å². The van der Waals surface area contributed by atoms with Crippen molar-refractivity contribution in [1.82, 2.24) is 15.1 Å². The van der Waals surface area contributed by atoms with Gasteiger partial charge in [0.2, 0.25) is 0 Å². The average molecular weight is 179 g/mol. The summed E-state index contributed by atoms with van der Waals surface area (Å²) in [6, 6.07) is 0.480. The van der Waals surface area contributed by atoms with Gasteiger partial charge in [-0.25, -0.2) is 0 Å². The SMILES string of the molecule is CC(C)n1cc(CC2CNC2)cn1. The number of hydrogen-bond acceptors (Lipinski definition) is 2. The minimum Gasteiger partial charge on any atom is -0.316 e. The van der Waals surface area contributed by atoms with Gasteiger partial charge in [0.15, 0.2) is 0 Å². The van der Waals surface area contributed by atoms with Gasteiger partial charge in [0.25, 0.3) is 0 Å². The standard InChI is InChI=1S/C10H17N3/c1-8(2)13-7-10(6-12-13)3-9-4-11-5-9/h6-9,11H,3-5H2,1-2H3. The molecule has 3 nitrogen and oxygen atoms in total. The molecule has 1 saturated heterocycles. The van der Waals surface area contributed by atoms with Crippen LogP contribution in [0.25, 0.3) is 0 Å². The summed E-state index contributed by atoms with van der Waals surface area (Å²) in [7, 11) is 0. The van der Waals surface area contributed by atoms with Crippen molar-refractivity contribution in [2.45, 2.75) is 26.3 Å². The minimum absolute atomic E-state index is 0.480. The molecule has 3 heteroatoms. The molecule has 1 aliphatic heterocycles. The molecule has 1 fully saturated rings. The molecule has 0 aliphatic carbocycles. The average Bonchev–Trinajstić information content (AvgIpc) is 2.44. The van der Waals surface area contributed by atoms with Gasteiger partial charge in [-0.2, -0.15) is 5.10 Å². The van der Waals surface area contributed by atoms with E-state index in [4.69, 9.17) is 0 Å². The summed E-state index contributed by atoms with van der Waals surface area (Å²) in [4.78, 5) is 0. The van der Waals surface area contributed by atoms with E-state index in [9.17, 15) is 0 Å². The molecule has 13 heavy (non-hydrogen) atoms. The van der Waals surface area contributed by atoms with E-state index >= 15 is 0 Å². The molecule has 0 atom stereocenters. The van der Waals surface area contributed by atoms with Crippen LogP contribution < -0.4 is 5.32 Å². The lowest BCUT2D eigenvalue weighted by molar-refractivity contribution is 0.346. The third kappa shape index (κ3) is 1.91. The fourth-order valence-electron chi connectivity index (χ4n) is 1.59. The number of hydrogen-bond donors (Lipinski definition) is 1. The van der Waals surface area contributed by atoms with Crippen molar-refractivity contribution in [2.75, 3.05) is 13.1 Å². The van der Waals surface area contributed by atoms with Crippen molar-refractivity contribution in [2.24, 2.45) is 5.92 Å². The highest BCUT2D eigenvalue weighted by Crippen LogP contribution is 2.13. The second-order valence-corrected chi connectivity index (χ2v) is 4.15. The number of aromatic nitrogens is 2. The van der Waals surface area contributed by atoms with Crippen LogP contribution in [0.4, 0.5) is 0 Å². The van der Waals surface area contributed by atoms with E-state index in [1.165, 1.54) is 25.1 Å². The number of nitrogens with zero attached hydrogens (tertiary/aromatic N) is 2. The van der Waals surface area contributed by atoms with E-state index in [2.05, 4.69) is 30.5 Å².